The van der Waals surface area contributed by atoms with Crippen LogP contribution in [0.1, 0.15) is 28.8 Å². The lowest BCUT2D eigenvalue weighted by atomic mass is 9.97. The summed E-state index contributed by atoms with van der Waals surface area (Å²) in [5.74, 6) is -0.439. The number of likely N-dealkylation sites (tertiary alicyclic amines) is 1. The molecule has 0 saturated carbocycles. The third kappa shape index (κ3) is 4.34. The quantitative estimate of drug-likeness (QED) is 0.644. The van der Waals surface area contributed by atoms with Crippen LogP contribution in [-0.2, 0) is 6.18 Å². The smallest absolute Gasteiger partial charge is 0.421 e. The van der Waals surface area contributed by atoms with Gasteiger partial charge in [-0.2, -0.15) is 13.2 Å². The number of alkyl halides is 3. The number of aromatic nitrogens is 3. The lowest BCUT2D eigenvalue weighted by Crippen LogP contribution is -2.39. The maximum atomic E-state index is 13.0. The van der Waals surface area contributed by atoms with Gasteiger partial charge in [0.2, 0.25) is 5.88 Å². The van der Waals surface area contributed by atoms with Crippen LogP contribution < -0.4 is 4.74 Å². The molecular weight excluding hydrogens is 397 g/mol. The van der Waals surface area contributed by atoms with Gasteiger partial charge in [-0.25, -0.2) is 4.98 Å². The second-order valence-electron chi connectivity index (χ2n) is 7.16. The number of ether oxygens (including phenoxy) is 1. The van der Waals surface area contributed by atoms with Gasteiger partial charge in [-0.3, -0.25) is 14.8 Å². The highest BCUT2D eigenvalue weighted by Gasteiger charge is 2.35. The van der Waals surface area contributed by atoms with Crippen LogP contribution >= 0.6 is 0 Å². The molecule has 30 heavy (non-hydrogen) atoms. The van der Waals surface area contributed by atoms with Gasteiger partial charge in [0.05, 0.1) is 17.6 Å². The molecule has 156 valence electrons. The third-order valence-electron chi connectivity index (χ3n) is 5.15. The summed E-state index contributed by atoms with van der Waals surface area (Å²) in [5.41, 5.74) is 1.04. The van der Waals surface area contributed by atoms with E-state index < -0.39 is 17.6 Å². The van der Waals surface area contributed by atoms with Gasteiger partial charge in [0, 0.05) is 37.2 Å². The normalized spacial score (nSPS) is 15.4. The molecule has 1 fully saturated rings. The van der Waals surface area contributed by atoms with Gasteiger partial charge in [0.15, 0.2) is 0 Å². The number of halogens is 3. The molecule has 3 heterocycles. The predicted molar refractivity (Wildman–Crippen MR) is 103 cm³/mol. The van der Waals surface area contributed by atoms with Gasteiger partial charge >= 0.3 is 6.18 Å². The Labute approximate surface area is 170 Å². The van der Waals surface area contributed by atoms with Gasteiger partial charge in [0.25, 0.3) is 5.91 Å². The Hall–Kier alpha value is -3.23. The summed E-state index contributed by atoms with van der Waals surface area (Å²) >= 11 is 0. The van der Waals surface area contributed by atoms with Crippen molar-refractivity contribution in [3.8, 4) is 5.88 Å². The monoisotopic (exact) mass is 416 g/mol. The summed E-state index contributed by atoms with van der Waals surface area (Å²) in [5, 5.41) is 0. The Morgan fingerprint density at radius 3 is 2.50 bits per heavy atom. The van der Waals surface area contributed by atoms with E-state index in [1.54, 1.807) is 35.5 Å². The Morgan fingerprint density at radius 2 is 1.77 bits per heavy atom. The highest BCUT2D eigenvalue weighted by molar-refractivity contribution is 5.97. The summed E-state index contributed by atoms with van der Waals surface area (Å²) in [6, 6.07) is 7.41. The number of piperidine rings is 1. The highest BCUT2D eigenvalue weighted by atomic mass is 19.4. The molecule has 0 atom stereocenters. The van der Waals surface area contributed by atoms with Crippen LogP contribution in [0, 0.1) is 5.92 Å². The SMILES string of the molecule is O=C(c1ccc2nccnc2c1)N1CCC(COc2ncccc2C(F)(F)F)CC1. The van der Waals surface area contributed by atoms with E-state index in [0.717, 1.165) is 11.6 Å². The molecule has 0 aliphatic carbocycles. The Bertz CT molecular complexity index is 1050. The van der Waals surface area contributed by atoms with Crippen LogP contribution in [0.3, 0.4) is 0 Å². The number of carbonyl (C=O) groups is 1. The standard InChI is InChI=1S/C21H19F3N4O2/c22-21(23,24)16-2-1-7-27-19(16)30-13-14-5-10-28(11-6-14)20(29)15-3-4-17-18(12-15)26-9-8-25-17/h1-4,7-9,12,14H,5-6,10-11,13H2. The average Bonchev–Trinajstić information content (AvgIpc) is 2.77. The average molecular weight is 416 g/mol. The van der Waals surface area contributed by atoms with Gasteiger partial charge in [-0.05, 0) is 49.1 Å². The van der Waals surface area contributed by atoms with Crippen molar-refractivity contribution in [2.24, 2.45) is 5.92 Å². The molecule has 3 aromatic rings. The zero-order valence-electron chi connectivity index (χ0n) is 16.0. The number of benzene rings is 1. The summed E-state index contributed by atoms with van der Waals surface area (Å²) in [4.78, 5) is 26.7. The molecule has 2 aromatic heterocycles. The molecular formula is C21H19F3N4O2. The molecule has 6 nitrogen and oxygen atoms in total. The second-order valence-corrected chi connectivity index (χ2v) is 7.16. The summed E-state index contributed by atoms with van der Waals surface area (Å²) in [7, 11) is 0. The number of rotatable bonds is 4. The van der Waals surface area contributed by atoms with E-state index in [0.29, 0.717) is 37.0 Å². The molecule has 0 radical (unpaired) electrons. The molecule has 9 heteroatoms. The molecule has 4 rings (SSSR count). The van der Waals surface area contributed by atoms with Crippen molar-refractivity contribution in [1.82, 2.24) is 19.9 Å². The first-order valence-electron chi connectivity index (χ1n) is 9.57. The lowest BCUT2D eigenvalue weighted by Gasteiger charge is -2.32. The van der Waals surface area contributed by atoms with E-state index in [2.05, 4.69) is 15.0 Å². The predicted octanol–water partition coefficient (Wildman–Crippen LogP) is 3.97. The number of amides is 1. The first kappa shape index (κ1) is 20.1. The first-order chi connectivity index (χ1) is 14.4. The van der Waals surface area contributed by atoms with Crippen LogP contribution in [0.5, 0.6) is 5.88 Å². The van der Waals surface area contributed by atoms with Crippen molar-refractivity contribution in [1.29, 1.82) is 0 Å². The lowest BCUT2D eigenvalue weighted by molar-refractivity contribution is -0.139. The number of nitrogens with zero attached hydrogens (tertiary/aromatic N) is 4. The Kier molecular flexibility index (Phi) is 5.52. The van der Waals surface area contributed by atoms with Crippen LogP contribution in [-0.4, -0.2) is 45.5 Å². The Morgan fingerprint density at radius 1 is 1.03 bits per heavy atom. The summed E-state index contributed by atoms with van der Waals surface area (Å²) in [6.07, 6.45) is 1.23. The van der Waals surface area contributed by atoms with Crippen molar-refractivity contribution in [3.05, 3.63) is 60.0 Å². The van der Waals surface area contributed by atoms with E-state index in [9.17, 15) is 18.0 Å². The van der Waals surface area contributed by atoms with E-state index in [-0.39, 0.29) is 18.4 Å². The van der Waals surface area contributed by atoms with Crippen molar-refractivity contribution in [2.75, 3.05) is 19.7 Å². The minimum atomic E-state index is -4.51. The highest BCUT2D eigenvalue weighted by Crippen LogP contribution is 2.35. The van der Waals surface area contributed by atoms with Crippen molar-refractivity contribution in [2.45, 2.75) is 19.0 Å². The molecule has 1 amide bonds. The van der Waals surface area contributed by atoms with E-state index in [4.69, 9.17) is 4.74 Å². The van der Waals surface area contributed by atoms with Gasteiger partial charge in [-0.15, -0.1) is 0 Å². The van der Waals surface area contributed by atoms with Crippen molar-refractivity contribution in [3.63, 3.8) is 0 Å². The van der Waals surface area contributed by atoms with E-state index in [1.165, 1.54) is 12.3 Å². The summed E-state index contributed by atoms with van der Waals surface area (Å²) < 4.78 is 44.5. The second kappa shape index (κ2) is 8.25. The molecule has 0 unspecified atom stereocenters. The molecule has 1 aliphatic heterocycles. The van der Waals surface area contributed by atoms with Crippen LogP contribution in [0.15, 0.2) is 48.9 Å². The topological polar surface area (TPSA) is 68.2 Å². The van der Waals surface area contributed by atoms with E-state index in [1.807, 2.05) is 0 Å². The summed E-state index contributed by atoms with van der Waals surface area (Å²) in [6.45, 7) is 1.16. The minimum absolute atomic E-state index is 0.0552. The van der Waals surface area contributed by atoms with Gasteiger partial charge in [0.1, 0.15) is 5.56 Å². The molecule has 1 aliphatic rings. The fraction of sp³-hybridized carbons (Fsp3) is 0.333. The Balaban J connectivity index is 1.34. The molecule has 1 saturated heterocycles. The maximum absolute atomic E-state index is 13.0. The van der Waals surface area contributed by atoms with E-state index >= 15 is 0 Å². The fourth-order valence-electron chi connectivity index (χ4n) is 3.50. The molecule has 1 aromatic carbocycles. The van der Waals surface area contributed by atoms with Crippen LogP contribution in [0.4, 0.5) is 13.2 Å². The number of fused-ring (bicyclic) bond motifs is 1. The molecule has 0 spiro atoms. The van der Waals surface area contributed by atoms with Crippen LogP contribution in [0.25, 0.3) is 11.0 Å². The number of hydrogen-bond donors (Lipinski definition) is 0. The fourth-order valence-corrected chi connectivity index (χ4v) is 3.50. The maximum Gasteiger partial charge on any atom is 0.421 e. The third-order valence-corrected chi connectivity index (χ3v) is 5.15. The molecule has 0 N–H and O–H groups in total. The van der Waals surface area contributed by atoms with Crippen LogP contribution in [0.2, 0.25) is 0 Å². The van der Waals surface area contributed by atoms with Gasteiger partial charge in [-0.1, -0.05) is 0 Å². The number of carbonyl (C=O) groups excluding carboxylic acids is 1. The first-order valence-corrected chi connectivity index (χ1v) is 9.57. The zero-order valence-corrected chi connectivity index (χ0v) is 16.0. The minimum Gasteiger partial charge on any atom is -0.477 e. The largest absolute Gasteiger partial charge is 0.477 e. The zero-order chi connectivity index (χ0) is 21.1. The number of pyridine rings is 1. The van der Waals surface area contributed by atoms with Crippen molar-refractivity contribution < 1.29 is 22.7 Å². The molecule has 0 bridgehead atoms. The van der Waals surface area contributed by atoms with Crippen molar-refractivity contribution >= 4 is 16.9 Å². The van der Waals surface area contributed by atoms with Gasteiger partial charge < -0.3 is 9.64 Å². The number of hydrogen-bond acceptors (Lipinski definition) is 5.